The van der Waals surface area contributed by atoms with Crippen LogP contribution in [0.5, 0.6) is 0 Å². The van der Waals surface area contributed by atoms with Crippen LogP contribution in [-0.2, 0) is 24.1 Å². The third-order valence-electron chi connectivity index (χ3n) is 0.987. The second-order valence-electron chi connectivity index (χ2n) is 2.49. The average Bonchev–Trinajstić information content (AvgIpc) is 1.80. The van der Waals surface area contributed by atoms with E-state index >= 15 is 0 Å². The van der Waals surface area contributed by atoms with Gasteiger partial charge in [-0.1, -0.05) is 0 Å². The first-order chi connectivity index (χ1) is 5.19. The van der Waals surface area contributed by atoms with E-state index in [1.165, 1.54) is 0 Å². The molecule has 0 saturated carbocycles. The molecule has 0 N–H and O–H groups in total. The fourth-order valence-electron chi connectivity index (χ4n) is 0.535. The maximum Gasteiger partial charge on any atom is 0.339 e. The van der Waals surface area contributed by atoms with Crippen molar-refractivity contribution in [2.75, 3.05) is 7.11 Å². The predicted octanol–water partition coefficient (Wildman–Crippen LogP) is -0.585. The van der Waals surface area contributed by atoms with Crippen molar-refractivity contribution in [2.24, 2.45) is 0 Å². The summed E-state index contributed by atoms with van der Waals surface area (Å²) in [5, 5.41) is 0. The number of carbonyl (C=O) groups is 1. The minimum Gasteiger partial charge on any atom is -0.725 e. The fraction of sp³-hybridized carbons (Fsp3) is 0.800. The number of hydrogen-bond donors (Lipinski definition) is 0. The SMILES string of the molecule is COC(=O)C(C)(C)OS(=O)(=O)[O-]. The lowest BCUT2D eigenvalue weighted by atomic mass is 10.1. The Bertz CT molecular complexity index is 264. The summed E-state index contributed by atoms with van der Waals surface area (Å²) in [5.41, 5.74) is -1.77. The fourth-order valence-corrected chi connectivity index (χ4v) is 1.11. The Labute approximate surface area is 70.4 Å². The smallest absolute Gasteiger partial charge is 0.339 e. The molecule has 0 amide bonds. The number of rotatable bonds is 3. The topological polar surface area (TPSA) is 92.7 Å². The number of carbonyl (C=O) groups excluding carboxylic acids is 1. The summed E-state index contributed by atoms with van der Waals surface area (Å²) in [5.74, 6) is -0.929. The number of methoxy groups -OCH3 is 1. The minimum absolute atomic E-state index is 0.929. The van der Waals surface area contributed by atoms with Crippen molar-refractivity contribution >= 4 is 16.4 Å². The molecule has 0 aliphatic carbocycles. The highest BCUT2D eigenvalue weighted by atomic mass is 32.3. The molecule has 0 aromatic heterocycles. The van der Waals surface area contributed by atoms with Crippen LogP contribution in [0.1, 0.15) is 13.8 Å². The number of hydrogen-bond acceptors (Lipinski definition) is 6. The molecule has 0 fully saturated rings. The second kappa shape index (κ2) is 3.38. The van der Waals surface area contributed by atoms with Gasteiger partial charge in [-0.15, -0.1) is 0 Å². The lowest BCUT2D eigenvalue weighted by Crippen LogP contribution is -2.38. The summed E-state index contributed by atoms with van der Waals surface area (Å²) in [6, 6.07) is 0. The van der Waals surface area contributed by atoms with Crippen LogP contribution in [0.4, 0.5) is 0 Å². The maximum atomic E-state index is 10.8. The first-order valence-corrected chi connectivity index (χ1v) is 4.27. The molecule has 0 heterocycles. The molecular formula is C5H9O6S-. The summed E-state index contributed by atoms with van der Waals surface area (Å²) in [6.45, 7) is 2.24. The summed E-state index contributed by atoms with van der Waals surface area (Å²) in [4.78, 5) is 10.8. The van der Waals surface area contributed by atoms with Gasteiger partial charge in [0.25, 0.3) is 0 Å². The van der Waals surface area contributed by atoms with Crippen LogP contribution in [0, 0.1) is 0 Å². The Kier molecular flexibility index (Phi) is 3.19. The molecule has 0 rings (SSSR count). The predicted molar refractivity (Wildman–Crippen MR) is 36.9 cm³/mol. The molecule has 0 aromatic carbocycles. The molecule has 0 aliphatic rings. The van der Waals surface area contributed by atoms with Gasteiger partial charge in [0.2, 0.25) is 10.4 Å². The Morgan fingerprint density at radius 2 is 1.83 bits per heavy atom. The van der Waals surface area contributed by atoms with E-state index in [4.69, 9.17) is 0 Å². The van der Waals surface area contributed by atoms with E-state index in [0.717, 1.165) is 21.0 Å². The van der Waals surface area contributed by atoms with Crippen molar-refractivity contribution in [3.05, 3.63) is 0 Å². The lowest BCUT2D eigenvalue weighted by Gasteiger charge is -2.22. The molecule has 0 saturated heterocycles. The van der Waals surface area contributed by atoms with Crippen molar-refractivity contribution in [1.29, 1.82) is 0 Å². The molecule has 0 spiro atoms. The molecular weight excluding hydrogens is 188 g/mol. The van der Waals surface area contributed by atoms with Crippen LogP contribution < -0.4 is 0 Å². The van der Waals surface area contributed by atoms with E-state index in [1.807, 2.05) is 0 Å². The average molecular weight is 197 g/mol. The van der Waals surface area contributed by atoms with Crippen LogP contribution in [0.25, 0.3) is 0 Å². The third-order valence-corrected chi connectivity index (χ3v) is 1.61. The van der Waals surface area contributed by atoms with Gasteiger partial charge < -0.3 is 9.29 Å². The summed E-state index contributed by atoms with van der Waals surface area (Å²) in [6.07, 6.45) is 0. The van der Waals surface area contributed by atoms with E-state index < -0.39 is 22.0 Å². The highest BCUT2D eigenvalue weighted by Crippen LogP contribution is 2.13. The highest BCUT2D eigenvalue weighted by molar-refractivity contribution is 7.80. The number of esters is 1. The minimum atomic E-state index is -4.89. The normalized spacial score (nSPS) is 12.7. The van der Waals surface area contributed by atoms with E-state index in [1.54, 1.807) is 0 Å². The Balaban J connectivity index is 4.54. The van der Waals surface area contributed by atoms with Gasteiger partial charge in [-0.2, -0.15) is 0 Å². The monoisotopic (exact) mass is 197 g/mol. The molecule has 72 valence electrons. The van der Waals surface area contributed by atoms with Crippen molar-refractivity contribution < 1.29 is 26.7 Å². The van der Waals surface area contributed by atoms with Crippen LogP contribution in [0.2, 0.25) is 0 Å². The first-order valence-electron chi connectivity index (χ1n) is 2.94. The molecule has 0 radical (unpaired) electrons. The highest BCUT2D eigenvalue weighted by Gasteiger charge is 2.32. The lowest BCUT2D eigenvalue weighted by molar-refractivity contribution is -0.156. The Morgan fingerprint density at radius 1 is 1.42 bits per heavy atom. The van der Waals surface area contributed by atoms with Crippen LogP contribution in [0.15, 0.2) is 0 Å². The zero-order chi connectivity index (χ0) is 9.99. The van der Waals surface area contributed by atoms with E-state index in [0.29, 0.717) is 0 Å². The Hall–Kier alpha value is -0.660. The molecule has 0 atom stereocenters. The quantitative estimate of drug-likeness (QED) is 0.341. The largest absolute Gasteiger partial charge is 0.725 e. The van der Waals surface area contributed by atoms with Crippen molar-refractivity contribution in [2.45, 2.75) is 19.4 Å². The van der Waals surface area contributed by atoms with Gasteiger partial charge >= 0.3 is 5.97 Å². The van der Waals surface area contributed by atoms with Gasteiger partial charge in [-0.25, -0.2) is 13.2 Å². The summed E-state index contributed by atoms with van der Waals surface area (Å²) >= 11 is 0. The Morgan fingerprint density at radius 3 is 2.08 bits per heavy atom. The molecule has 6 nitrogen and oxygen atoms in total. The van der Waals surface area contributed by atoms with E-state index in [-0.39, 0.29) is 0 Å². The molecule has 12 heavy (non-hydrogen) atoms. The van der Waals surface area contributed by atoms with Crippen molar-refractivity contribution in [3.63, 3.8) is 0 Å². The van der Waals surface area contributed by atoms with Gasteiger partial charge in [0, 0.05) is 0 Å². The van der Waals surface area contributed by atoms with Crippen LogP contribution in [-0.4, -0.2) is 31.7 Å². The van der Waals surface area contributed by atoms with Crippen molar-refractivity contribution in [3.8, 4) is 0 Å². The van der Waals surface area contributed by atoms with Crippen molar-refractivity contribution in [1.82, 2.24) is 0 Å². The molecule has 0 unspecified atom stereocenters. The number of ether oxygens (including phenoxy) is 1. The summed E-state index contributed by atoms with van der Waals surface area (Å²) in [7, 11) is -3.83. The van der Waals surface area contributed by atoms with E-state index in [2.05, 4.69) is 8.92 Å². The van der Waals surface area contributed by atoms with Gasteiger partial charge in [0.15, 0.2) is 5.60 Å². The second-order valence-corrected chi connectivity index (χ2v) is 3.48. The zero-order valence-corrected chi connectivity index (χ0v) is 7.67. The maximum absolute atomic E-state index is 10.8. The standard InChI is InChI=1S/C5H10O6S/c1-5(2,4(6)10-3)11-12(7,8)9/h1-3H3,(H,7,8,9)/p-1. The molecule has 0 aromatic rings. The van der Waals surface area contributed by atoms with Crippen LogP contribution >= 0.6 is 0 Å². The zero-order valence-electron chi connectivity index (χ0n) is 6.86. The molecule has 0 bridgehead atoms. The van der Waals surface area contributed by atoms with E-state index in [9.17, 15) is 17.8 Å². The third kappa shape index (κ3) is 3.65. The van der Waals surface area contributed by atoms with Gasteiger partial charge in [0.1, 0.15) is 0 Å². The van der Waals surface area contributed by atoms with Gasteiger partial charge in [-0.3, -0.25) is 4.18 Å². The molecule has 0 aliphatic heterocycles. The van der Waals surface area contributed by atoms with Gasteiger partial charge in [0.05, 0.1) is 7.11 Å². The van der Waals surface area contributed by atoms with Crippen LogP contribution in [0.3, 0.4) is 0 Å². The van der Waals surface area contributed by atoms with Gasteiger partial charge in [-0.05, 0) is 13.8 Å². The summed E-state index contributed by atoms with van der Waals surface area (Å²) < 4.78 is 38.4. The molecule has 7 heteroatoms. The first kappa shape index (κ1) is 11.3.